The maximum atomic E-state index is 13.3. The highest BCUT2D eigenvalue weighted by Gasteiger charge is 2.47. The summed E-state index contributed by atoms with van der Waals surface area (Å²) >= 11 is 15.9. The molecule has 4 aliphatic rings. The monoisotopic (exact) mass is 632 g/mol. The highest BCUT2D eigenvalue weighted by molar-refractivity contribution is 7.21. The number of carboxylic acids is 1. The molecule has 1 aliphatic carbocycles. The quantitative estimate of drug-likeness (QED) is 0.330. The van der Waals surface area contributed by atoms with Gasteiger partial charge in [-0.25, -0.2) is 9.97 Å². The average Bonchev–Trinajstić information content (AvgIpc) is 3.72. The molecule has 0 radical (unpaired) electrons. The number of pyridine rings is 1. The number of piperidine rings is 1. The SMILES string of the molecule is O=C(Nc1nc(-c2cc(Cl)cs2)c(N2CC3CC2CN3C2CCC2)s1)c1cnc(N2CCC(C(=O)O)CC2)c(Cl)c1. The molecule has 41 heavy (non-hydrogen) atoms. The van der Waals surface area contributed by atoms with Crippen molar-refractivity contribution in [3.8, 4) is 10.6 Å². The lowest BCUT2D eigenvalue weighted by Gasteiger charge is -2.43. The molecule has 2 unspecified atom stereocenters. The number of piperazine rings is 1. The molecule has 6 heterocycles. The van der Waals surface area contributed by atoms with E-state index >= 15 is 0 Å². The van der Waals surface area contributed by atoms with Gasteiger partial charge in [0.25, 0.3) is 5.91 Å². The van der Waals surface area contributed by atoms with Gasteiger partial charge in [0.1, 0.15) is 16.5 Å². The molecule has 4 fully saturated rings. The number of nitrogens with one attached hydrogen (secondary N) is 1. The Labute approximate surface area is 256 Å². The number of hydrogen-bond acceptors (Lipinski definition) is 9. The van der Waals surface area contributed by atoms with Gasteiger partial charge in [-0.1, -0.05) is 41.0 Å². The summed E-state index contributed by atoms with van der Waals surface area (Å²) in [6.07, 6.45) is 7.75. The number of thiophene rings is 1. The Hall–Kier alpha value is -2.44. The van der Waals surface area contributed by atoms with E-state index in [9.17, 15) is 14.7 Å². The first-order valence-corrected chi connectivity index (χ1v) is 16.5. The zero-order valence-corrected chi connectivity index (χ0v) is 25.4. The van der Waals surface area contributed by atoms with E-state index in [4.69, 9.17) is 28.2 Å². The van der Waals surface area contributed by atoms with Crippen molar-refractivity contribution >= 4 is 73.7 Å². The van der Waals surface area contributed by atoms with Crippen LogP contribution in [0, 0.1) is 5.92 Å². The standard InChI is InChI=1S/C28H30Cl2N6O3S2/c29-17-9-22(40-14-17)23-26(36-13-19-10-20(36)12-35(19)18-2-1-3-18)41-28(32-23)33-25(37)16-8-21(30)24(31-11-16)34-6-4-15(5-7-34)27(38)39/h8-9,11,14-15,18-20H,1-7,10,12-13H2,(H,38,39)(H,32,33,37). The number of likely N-dealkylation sites (tertiary alicyclic amines) is 1. The van der Waals surface area contributed by atoms with Crippen LogP contribution in [0.5, 0.6) is 0 Å². The Morgan fingerprint density at radius 2 is 1.85 bits per heavy atom. The minimum Gasteiger partial charge on any atom is -0.481 e. The summed E-state index contributed by atoms with van der Waals surface area (Å²) in [5.41, 5.74) is 1.20. The van der Waals surface area contributed by atoms with Crippen LogP contribution in [-0.2, 0) is 4.79 Å². The Kier molecular flexibility index (Phi) is 7.35. The number of halogens is 2. The molecule has 2 N–H and O–H groups in total. The molecule has 1 saturated carbocycles. The third-order valence-electron chi connectivity index (χ3n) is 8.95. The Bertz CT molecular complexity index is 1490. The fourth-order valence-electron chi connectivity index (χ4n) is 6.57. The number of fused-ring (bicyclic) bond motifs is 2. The number of rotatable bonds is 7. The lowest BCUT2D eigenvalue weighted by Crippen LogP contribution is -2.52. The van der Waals surface area contributed by atoms with Crippen molar-refractivity contribution in [3.63, 3.8) is 0 Å². The highest BCUT2D eigenvalue weighted by atomic mass is 35.5. The molecule has 0 aromatic carbocycles. The fourth-order valence-corrected chi connectivity index (χ4v) is 9.04. The van der Waals surface area contributed by atoms with Crippen molar-refractivity contribution in [2.45, 2.75) is 56.7 Å². The van der Waals surface area contributed by atoms with Crippen LogP contribution in [0.1, 0.15) is 48.9 Å². The van der Waals surface area contributed by atoms with Crippen molar-refractivity contribution in [3.05, 3.63) is 39.3 Å². The van der Waals surface area contributed by atoms with Crippen LogP contribution in [0.25, 0.3) is 10.6 Å². The van der Waals surface area contributed by atoms with Crippen LogP contribution in [0.2, 0.25) is 10.0 Å². The first kappa shape index (κ1) is 27.4. The van der Waals surface area contributed by atoms with Crippen LogP contribution in [-0.4, -0.2) is 76.2 Å². The van der Waals surface area contributed by atoms with Gasteiger partial charge in [0.2, 0.25) is 0 Å². The number of carbonyl (C=O) groups excluding carboxylic acids is 1. The molecule has 7 rings (SSSR count). The van der Waals surface area contributed by atoms with Crippen molar-refractivity contribution in [1.82, 2.24) is 14.9 Å². The number of thiazole rings is 1. The maximum Gasteiger partial charge on any atom is 0.306 e. The molecule has 0 spiro atoms. The summed E-state index contributed by atoms with van der Waals surface area (Å²) in [4.78, 5) is 42.1. The largest absolute Gasteiger partial charge is 0.481 e. The summed E-state index contributed by atoms with van der Waals surface area (Å²) in [6, 6.07) is 5.34. The number of carbonyl (C=O) groups is 2. The summed E-state index contributed by atoms with van der Waals surface area (Å²) in [5, 5.41) is 16.8. The smallest absolute Gasteiger partial charge is 0.306 e. The summed E-state index contributed by atoms with van der Waals surface area (Å²) in [7, 11) is 0. The van der Waals surface area contributed by atoms with E-state index in [1.165, 1.54) is 43.2 Å². The average molecular weight is 634 g/mol. The Morgan fingerprint density at radius 1 is 1.05 bits per heavy atom. The van der Waals surface area contributed by atoms with Crippen molar-refractivity contribution in [2.24, 2.45) is 5.92 Å². The van der Waals surface area contributed by atoms with Crippen LogP contribution < -0.4 is 15.1 Å². The van der Waals surface area contributed by atoms with Crippen LogP contribution in [0.4, 0.5) is 16.0 Å². The van der Waals surface area contributed by atoms with Crippen LogP contribution >= 0.6 is 45.9 Å². The van der Waals surface area contributed by atoms with Gasteiger partial charge in [-0.3, -0.25) is 19.8 Å². The lowest BCUT2D eigenvalue weighted by molar-refractivity contribution is -0.142. The Balaban J connectivity index is 1.09. The third kappa shape index (κ3) is 5.20. The number of anilines is 3. The summed E-state index contributed by atoms with van der Waals surface area (Å²) in [6.45, 7) is 3.18. The molecule has 1 amide bonds. The van der Waals surface area contributed by atoms with E-state index in [0.717, 1.165) is 34.7 Å². The number of nitrogens with zero attached hydrogens (tertiary/aromatic N) is 5. The molecule has 216 valence electrons. The van der Waals surface area contributed by atoms with Crippen LogP contribution in [0.15, 0.2) is 23.7 Å². The van der Waals surface area contributed by atoms with Gasteiger partial charge in [-0.05, 0) is 44.2 Å². The highest BCUT2D eigenvalue weighted by Crippen LogP contribution is 2.47. The van der Waals surface area contributed by atoms with E-state index in [0.29, 0.717) is 64.6 Å². The lowest BCUT2D eigenvalue weighted by atomic mass is 9.91. The number of carboxylic acid groups (broad SMARTS) is 1. The van der Waals surface area contributed by atoms with Gasteiger partial charge >= 0.3 is 5.97 Å². The predicted octanol–water partition coefficient (Wildman–Crippen LogP) is 5.94. The van der Waals surface area contributed by atoms with Gasteiger partial charge in [-0.15, -0.1) is 11.3 Å². The second-order valence-corrected chi connectivity index (χ2v) is 14.1. The summed E-state index contributed by atoms with van der Waals surface area (Å²) < 4.78 is 0. The number of aromatic nitrogens is 2. The molecule has 3 aromatic rings. The molecule has 3 saturated heterocycles. The second-order valence-electron chi connectivity index (χ2n) is 11.4. The van der Waals surface area contributed by atoms with E-state index in [1.807, 2.05) is 16.3 Å². The van der Waals surface area contributed by atoms with E-state index in [2.05, 4.69) is 20.1 Å². The first-order chi connectivity index (χ1) is 19.8. The minimum absolute atomic E-state index is 0.328. The van der Waals surface area contributed by atoms with Gasteiger partial charge < -0.3 is 14.9 Å². The van der Waals surface area contributed by atoms with E-state index < -0.39 is 5.97 Å². The molecular weight excluding hydrogens is 603 g/mol. The van der Waals surface area contributed by atoms with E-state index in [-0.39, 0.29) is 11.8 Å². The van der Waals surface area contributed by atoms with Crippen LogP contribution in [0.3, 0.4) is 0 Å². The molecule has 2 bridgehead atoms. The first-order valence-electron chi connectivity index (χ1n) is 14.1. The number of hydrogen-bond donors (Lipinski definition) is 2. The predicted molar refractivity (Wildman–Crippen MR) is 164 cm³/mol. The molecule has 3 aromatic heterocycles. The molecular formula is C28H30Cl2N6O3S2. The normalized spacial score (nSPS) is 23.3. The molecule has 13 heteroatoms. The fraction of sp³-hybridized carbons (Fsp3) is 0.500. The molecule has 9 nitrogen and oxygen atoms in total. The zero-order chi connectivity index (χ0) is 28.2. The maximum absolute atomic E-state index is 13.3. The second kappa shape index (κ2) is 11.0. The van der Waals surface area contributed by atoms with Crippen molar-refractivity contribution in [1.29, 1.82) is 0 Å². The summed E-state index contributed by atoms with van der Waals surface area (Å²) in [5.74, 6) is -0.865. The third-order valence-corrected chi connectivity index (χ3v) is 11.5. The minimum atomic E-state index is -0.765. The molecule has 2 atom stereocenters. The zero-order valence-electron chi connectivity index (χ0n) is 22.3. The van der Waals surface area contributed by atoms with Gasteiger partial charge in [0, 0.05) is 55.9 Å². The molecule has 3 aliphatic heterocycles. The number of amides is 1. The van der Waals surface area contributed by atoms with Crippen molar-refractivity contribution < 1.29 is 14.7 Å². The number of aliphatic carboxylic acids is 1. The van der Waals surface area contributed by atoms with Gasteiger partial charge in [-0.2, -0.15) is 0 Å². The van der Waals surface area contributed by atoms with Crippen molar-refractivity contribution in [2.75, 3.05) is 41.3 Å². The Morgan fingerprint density at radius 3 is 2.46 bits per heavy atom. The van der Waals surface area contributed by atoms with E-state index in [1.54, 1.807) is 17.4 Å². The van der Waals surface area contributed by atoms with Gasteiger partial charge in [0.05, 0.1) is 26.4 Å². The van der Waals surface area contributed by atoms with Gasteiger partial charge in [0.15, 0.2) is 5.13 Å². The topological polar surface area (TPSA) is 102 Å².